The molecule has 0 aromatic heterocycles. The van der Waals surface area contributed by atoms with Gasteiger partial charge in [-0.3, -0.25) is 9.59 Å². The molecule has 5 nitrogen and oxygen atoms in total. The highest BCUT2D eigenvalue weighted by molar-refractivity contribution is 5.98. The molecule has 2 heterocycles. The van der Waals surface area contributed by atoms with E-state index >= 15 is 0 Å². The molecule has 2 aliphatic rings. The van der Waals surface area contributed by atoms with Gasteiger partial charge in [-0.15, -0.1) is 0 Å². The van der Waals surface area contributed by atoms with Crippen molar-refractivity contribution >= 4 is 17.6 Å². The molecule has 0 radical (unpaired) electrons. The van der Waals surface area contributed by atoms with Crippen molar-refractivity contribution < 1.29 is 19.4 Å². The van der Waals surface area contributed by atoms with Crippen LogP contribution < -0.4 is 4.90 Å². The first-order valence-electron chi connectivity index (χ1n) is 8.36. The van der Waals surface area contributed by atoms with Gasteiger partial charge >= 0.3 is 5.97 Å². The Bertz CT molecular complexity index is 580. The van der Waals surface area contributed by atoms with Crippen LogP contribution in [0.1, 0.15) is 43.6 Å². The Morgan fingerprint density at radius 2 is 1.96 bits per heavy atom. The van der Waals surface area contributed by atoms with Crippen LogP contribution in [0.3, 0.4) is 0 Å². The molecule has 1 aromatic rings. The minimum Gasteiger partial charge on any atom is -0.481 e. The number of carboxylic acid groups (broad SMARTS) is 1. The van der Waals surface area contributed by atoms with E-state index in [2.05, 4.69) is 0 Å². The number of hydrogen-bond donors (Lipinski definition) is 1. The lowest BCUT2D eigenvalue weighted by atomic mass is 9.94. The first-order valence-corrected chi connectivity index (χ1v) is 8.36. The summed E-state index contributed by atoms with van der Waals surface area (Å²) < 4.78 is 5.35. The Balaban J connectivity index is 1.58. The highest BCUT2D eigenvalue weighted by Gasteiger charge is 2.35. The van der Waals surface area contributed by atoms with Gasteiger partial charge in [0.2, 0.25) is 5.91 Å². The van der Waals surface area contributed by atoms with Gasteiger partial charge in [0, 0.05) is 31.9 Å². The molecule has 5 heteroatoms. The Hall–Kier alpha value is -1.88. The number of carboxylic acids is 1. The van der Waals surface area contributed by atoms with Gasteiger partial charge in [-0.1, -0.05) is 18.2 Å². The number of nitrogens with zero attached hydrogens (tertiary/aromatic N) is 1. The van der Waals surface area contributed by atoms with E-state index in [0.717, 1.165) is 50.1 Å². The van der Waals surface area contributed by atoms with Crippen molar-refractivity contribution in [3.05, 3.63) is 29.8 Å². The number of benzene rings is 1. The molecule has 0 spiro atoms. The molecular weight excluding hydrogens is 294 g/mol. The summed E-state index contributed by atoms with van der Waals surface area (Å²) in [6, 6.07) is 7.33. The van der Waals surface area contributed by atoms with Crippen LogP contribution in [0.2, 0.25) is 0 Å². The molecule has 124 valence electrons. The smallest absolute Gasteiger partial charge is 0.312 e. The molecule has 2 aliphatic heterocycles. The fourth-order valence-electron chi connectivity index (χ4n) is 3.57. The standard InChI is InChI=1S/C18H23NO4/c20-17(7-3-4-13-8-10-23-11-9-13)19-12-15(18(21)22)14-5-1-2-6-16(14)19/h1-2,5-6,13,15H,3-4,7-12H2,(H,21,22). The molecule has 1 fully saturated rings. The van der Waals surface area contributed by atoms with Crippen LogP contribution in [0.4, 0.5) is 5.69 Å². The van der Waals surface area contributed by atoms with Crippen molar-refractivity contribution in [1.29, 1.82) is 0 Å². The zero-order valence-electron chi connectivity index (χ0n) is 13.2. The zero-order valence-corrected chi connectivity index (χ0v) is 13.2. The first-order chi connectivity index (χ1) is 11.2. The summed E-state index contributed by atoms with van der Waals surface area (Å²) in [6.45, 7) is 1.92. The highest BCUT2D eigenvalue weighted by atomic mass is 16.5. The van der Waals surface area contributed by atoms with Crippen molar-refractivity contribution in [1.82, 2.24) is 0 Å². The van der Waals surface area contributed by atoms with E-state index in [1.807, 2.05) is 24.3 Å². The molecular formula is C18H23NO4. The number of rotatable bonds is 5. The van der Waals surface area contributed by atoms with E-state index < -0.39 is 11.9 Å². The molecule has 3 rings (SSSR count). The van der Waals surface area contributed by atoms with Gasteiger partial charge < -0.3 is 14.7 Å². The molecule has 0 aliphatic carbocycles. The van der Waals surface area contributed by atoms with Crippen LogP contribution in [-0.2, 0) is 14.3 Å². The second-order valence-corrected chi connectivity index (χ2v) is 6.40. The molecule has 0 bridgehead atoms. The normalized spacial score (nSPS) is 21.2. The maximum absolute atomic E-state index is 12.5. The summed E-state index contributed by atoms with van der Waals surface area (Å²) in [4.78, 5) is 25.6. The summed E-state index contributed by atoms with van der Waals surface area (Å²) in [7, 11) is 0. The fourth-order valence-corrected chi connectivity index (χ4v) is 3.57. The van der Waals surface area contributed by atoms with E-state index in [-0.39, 0.29) is 12.5 Å². The van der Waals surface area contributed by atoms with Crippen molar-refractivity contribution in [3.63, 3.8) is 0 Å². The highest BCUT2D eigenvalue weighted by Crippen LogP contribution is 2.36. The molecule has 0 saturated carbocycles. The lowest BCUT2D eigenvalue weighted by Crippen LogP contribution is -2.31. The number of carbonyl (C=O) groups is 2. The Labute approximate surface area is 136 Å². The van der Waals surface area contributed by atoms with Crippen LogP contribution in [0, 0.1) is 5.92 Å². The van der Waals surface area contributed by atoms with Crippen LogP contribution in [0.15, 0.2) is 24.3 Å². The number of fused-ring (bicyclic) bond motifs is 1. The van der Waals surface area contributed by atoms with E-state index in [9.17, 15) is 14.7 Å². The monoisotopic (exact) mass is 317 g/mol. The van der Waals surface area contributed by atoms with Crippen molar-refractivity contribution in [2.75, 3.05) is 24.7 Å². The maximum Gasteiger partial charge on any atom is 0.312 e. The van der Waals surface area contributed by atoms with E-state index in [4.69, 9.17) is 4.74 Å². The van der Waals surface area contributed by atoms with Gasteiger partial charge in [-0.05, 0) is 43.2 Å². The number of amides is 1. The van der Waals surface area contributed by atoms with Crippen LogP contribution in [-0.4, -0.2) is 36.7 Å². The quantitative estimate of drug-likeness (QED) is 0.907. The topological polar surface area (TPSA) is 66.8 Å². The summed E-state index contributed by atoms with van der Waals surface area (Å²) in [5, 5.41) is 9.36. The van der Waals surface area contributed by atoms with Gasteiger partial charge in [0.1, 0.15) is 5.92 Å². The predicted molar refractivity (Wildman–Crippen MR) is 86.6 cm³/mol. The number of hydrogen-bond acceptors (Lipinski definition) is 3. The van der Waals surface area contributed by atoms with E-state index in [1.165, 1.54) is 0 Å². The Morgan fingerprint density at radius 3 is 2.70 bits per heavy atom. The minimum absolute atomic E-state index is 0.0354. The van der Waals surface area contributed by atoms with Crippen molar-refractivity contribution in [2.24, 2.45) is 5.92 Å². The second-order valence-electron chi connectivity index (χ2n) is 6.40. The van der Waals surface area contributed by atoms with Crippen molar-refractivity contribution in [3.8, 4) is 0 Å². The molecule has 23 heavy (non-hydrogen) atoms. The van der Waals surface area contributed by atoms with E-state index in [0.29, 0.717) is 12.3 Å². The third-order valence-corrected chi connectivity index (χ3v) is 4.91. The minimum atomic E-state index is -0.866. The third kappa shape index (κ3) is 3.55. The van der Waals surface area contributed by atoms with Gasteiger partial charge in [0.05, 0.1) is 0 Å². The second kappa shape index (κ2) is 7.13. The summed E-state index contributed by atoms with van der Waals surface area (Å²) >= 11 is 0. The lowest BCUT2D eigenvalue weighted by Gasteiger charge is -2.22. The molecule has 1 N–H and O–H groups in total. The van der Waals surface area contributed by atoms with Gasteiger partial charge in [0.15, 0.2) is 0 Å². The fraction of sp³-hybridized carbons (Fsp3) is 0.556. The predicted octanol–water partition coefficient (Wildman–Crippen LogP) is 2.80. The molecule has 1 atom stereocenters. The molecule has 1 amide bonds. The van der Waals surface area contributed by atoms with Crippen LogP contribution in [0.25, 0.3) is 0 Å². The summed E-state index contributed by atoms with van der Waals surface area (Å²) in [5.74, 6) is -0.775. The number of aliphatic carboxylic acids is 1. The molecule has 1 unspecified atom stereocenters. The largest absolute Gasteiger partial charge is 0.481 e. The zero-order chi connectivity index (χ0) is 16.2. The SMILES string of the molecule is O=C(O)C1CN(C(=O)CCCC2CCOCC2)c2ccccc21. The lowest BCUT2D eigenvalue weighted by molar-refractivity contribution is -0.138. The molecule has 1 saturated heterocycles. The summed E-state index contributed by atoms with van der Waals surface area (Å²) in [6.07, 6.45) is 4.56. The molecule has 1 aromatic carbocycles. The van der Waals surface area contributed by atoms with Crippen LogP contribution >= 0.6 is 0 Å². The Kier molecular flexibility index (Phi) is 4.96. The van der Waals surface area contributed by atoms with Gasteiger partial charge in [-0.2, -0.15) is 0 Å². The maximum atomic E-state index is 12.5. The number of carbonyl (C=O) groups excluding carboxylic acids is 1. The Morgan fingerprint density at radius 1 is 1.22 bits per heavy atom. The average Bonchev–Trinajstić information content (AvgIpc) is 2.96. The van der Waals surface area contributed by atoms with Crippen LogP contribution in [0.5, 0.6) is 0 Å². The third-order valence-electron chi connectivity index (χ3n) is 4.91. The van der Waals surface area contributed by atoms with E-state index in [1.54, 1.807) is 4.90 Å². The number of ether oxygens (including phenoxy) is 1. The van der Waals surface area contributed by atoms with Gasteiger partial charge in [-0.25, -0.2) is 0 Å². The summed E-state index contributed by atoms with van der Waals surface area (Å²) in [5.41, 5.74) is 1.51. The van der Waals surface area contributed by atoms with Gasteiger partial charge in [0.25, 0.3) is 0 Å². The van der Waals surface area contributed by atoms with Crippen molar-refractivity contribution in [2.45, 2.75) is 38.0 Å². The number of para-hydroxylation sites is 1. The number of anilines is 1. The first kappa shape index (κ1) is 16.0. The average molecular weight is 317 g/mol.